The highest BCUT2D eigenvalue weighted by atomic mass is 32.2. The molecule has 0 bridgehead atoms. The first kappa shape index (κ1) is 11.9. The molecule has 18 heavy (non-hydrogen) atoms. The normalized spacial score (nSPS) is 14.9. The largest absolute Gasteiger partial charge is 0.468 e. The first-order valence-electron chi connectivity index (χ1n) is 6.36. The summed E-state index contributed by atoms with van der Waals surface area (Å²) >= 11 is 1.79. The first-order chi connectivity index (χ1) is 8.83. The van der Waals surface area contributed by atoms with Crippen molar-refractivity contribution in [1.29, 1.82) is 0 Å². The molecule has 0 amide bonds. The summed E-state index contributed by atoms with van der Waals surface area (Å²) in [5.74, 6) is 0.991. The summed E-state index contributed by atoms with van der Waals surface area (Å²) in [6.45, 7) is 2.97. The van der Waals surface area contributed by atoms with E-state index < -0.39 is 0 Å². The molecule has 0 radical (unpaired) electrons. The predicted molar refractivity (Wildman–Crippen MR) is 73.9 cm³/mol. The minimum Gasteiger partial charge on any atom is -0.468 e. The van der Waals surface area contributed by atoms with Crippen LogP contribution in [0.25, 0.3) is 0 Å². The SMILES string of the molecule is Cc1occc1Sc1ccccc1CNC1CC1. The molecule has 1 heterocycles. The van der Waals surface area contributed by atoms with Crippen molar-refractivity contribution >= 4 is 11.8 Å². The van der Waals surface area contributed by atoms with Crippen molar-refractivity contribution in [3.05, 3.63) is 47.9 Å². The number of rotatable bonds is 5. The highest BCUT2D eigenvalue weighted by molar-refractivity contribution is 7.99. The van der Waals surface area contributed by atoms with E-state index in [-0.39, 0.29) is 0 Å². The molecule has 0 spiro atoms. The molecule has 2 aromatic rings. The second-order valence-electron chi connectivity index (χ2n) is 4.71. The van der Waals surface area contributed by atoms with Crippen LogP contribution in [0.5, 0.6) is 0 Å². The summed E-state index contributed by atoms with van der Waals surface area (Å²) in [4.78, 5) is 2.52. The van der Waals surface area contributed by atoms with Crippen molar-refractivity contribution in [2.24, 2.45) is 0 Å². The lowest BCUT2D eigenvalue weighted by atomic mass is 10.2. The van der Waals surface area contributed by atoms with Gasteiger partial charge in [0, 0.05) is 17.5 Å². The standard InChI is InChI=1S/C15H17NOS/c1-11-14(8-9-17-11)18-15-5-3-2-4-12(15)10-16-13-6-7-13/h2-5,8-9,13,16H,6-7,10H2,1H3. The van der Waals surface area contributed by atoms with Gasteiger partial charge in [-0.25, -0.2) is 0 Å². The Balaban J connectivity index is 1.75. The van der Waals surface area contributed by atoms with Gasteiger partial charge in [0.1, 0.15) is 5.76 Å². The zero-order valence-corrected chi connectivity index (χ0v) is 11.3. The van der Waals surface area contributed by atoms with Crippen LogP contribution in [0.2, 0.25) is 0 Å². The molecule has 3 heteroatoms. The third kappa shape index (κ3) is 2.79. The fraction of sp³-hybridized carbons (Fsp3) is 0.333. The van der Waals surface area contributed by atoms with Crippen LogP contribution in [0.15, 0.2) is 50.8 Å². The van der Waals surface area contributed by atoms with Gasteiger partial charge in [0.2, 0.25) is 0 Å². The zero-order chi connectivity index (χ0) is 12.4. The topological polar surface area (TPSA) is 25.2 Å². The van der Waals surface area contributed by atoms with Gasteiger partial charge >= 0.3 is 0 Å². The maximum Gasteiger partial charge on any atom is 0.114 e. The van der Waals surface area contributed by atoms with Gasteiger partial charge in [0.05, 0.1) is 11.2 Å². The van der Waals surface area contributed by atoms with E-state index >= 15 is 0 Å². The van der Waals surface area contributed by atoms with Gasteiger partial charge in [-0.05, 0) is 37.5 Å². The summed E-state index contributed by atoms with van der Waals surface area (Å²) in [7, 11) is 0. The Morgan fingerprint density at radius 2 is 2.06 bits per heavy atom. The molecule has 0 unspecified atom stereocenters. The second-order valence-corrected chi connectivity index (χ2v) is 5.79. The number of benzene rings is 1. The Morgan fingerprint density at radius 1 is 1.22 bits per heavy atom. The van der Waals surface area contributed by atoms with Gasteiger partial charge in [-0.1, -0.05) is 30.0 Å². The maximum absolute atomic E-state index is 5.35. The lowest BCUT2D eigenvalue weighted by Gasteiger charge is -2.09. The van der Waals surface area contributed by atoms with Crippen molar-refractivity contribution in [2.75, 3.05) is 0 Å². The highest BCUT2D eigenvalue weighted by Gasteiger charge is 2.20. The van der Waals surface area contributed by atoms with Crippen LogP contribution in [0, 0.1) is 6.92 Å². The number of hydrogen-bond donors (Lipinski definition) is 1. The van der Waals surface area contributed by atoms with E-state index in [4.69, 9.17) is 4.42 Å². The molecule has 0 aliphatic heterocycles. The molecule has 94 valence electrons. The van der Waals surface area contributed by atoms with Gasteiger partial charge in [0.15, 0.2) is 0 Å². The minimum atomic E-state index is 0.749. The fourth-order valence-electron chi connectivity index (χ4n) is 1.89. The average Bonchev–Trinajstić information content (AvgIpc) is 3.13. The average molecular weight is 259 g/mol. The minimum absolute atomic E-state index is 0.749. The van der Waals surface area contributed by atoms with Crippen LogP contribution in [-0.2, 0) is 6.54 Å². The summed E-state index contributed by atoms with van der Waals surface area (Å²) in [5, 5.41) is 3.57. The molecule has 1 aromatic carbocycles. The molecule has 0 saturated heterocycles. The van der Waals surface area contributed by atoms with Crippen molar-refractivity contribution in [1.82, 2.24) is 5.32 Å². The molecule has 0 atom stereocenters. The van der Waals surface area contributed by atoms with E-state index in [0.717, 1.165) is 18.3 Å². The van der Waals surface area contributed by atoms with E-state index in [9.17, 15) is 0 Å². The third-order valence-corrected chi connectivity index (χ3v) is 4.42. The molecule has 1 aromatic heterocycles. The molecular weight excluding hydrogens is 242 g/mol. The second kappa shape index (κ2) is 5.21. The molecule has 1 aliphatic rings. The molecule has 2 nitrogen and oxygen atoms in total. The van der Waals surface area contributed by atoms with Crippen molar-refractivity contribution < 1.29 is 4.42 Å². The van der Waals surface area contributed by atoms with E-state index in [1.54, 1.807) is 18.0 Å². The highest BCUT2D eigenvalue weighted by Crippen LogP contribution is 2.33. The van der Waals surface area contributed by atoms with E-state index in [2.05, 4.69) is 29.6 Å². The third-order valence-electron chi connectivity index (χ3n) is 3.16. The Labute approximate surface area is 112 Å². The van der Waals surface area contributed by atoms with Crippen molar-refractivity contribution in [3.63, 3.8) is 0 Å². The van der Waals surface area contributed by atoms with Crippen LogP contribution < -0.4 is 5.32 Å². The summed E-state index contributed by atoms with van der Waals surface area (Å²) in [6, 6.07) is 11.4. The van der Waals surface area contributed by atoms with Crippen LogP contribution in [0.4, 0.5) is 0 Å². The number of nitrogens with one attached hydrogen (secondary N) is 1. The molecule has 3 rings (SSSR count). The van der Waals surface area contributed by atoms with Crippen LogP contribution >= 0.6 is 11.8 Å². The van der Waals surface area contributed by atoms with E-state index in [0.29, 0.717) is 0 Å². The van der Waals surface area contributed by atoms with Crippen molar-refractivity contribution in [2.45, 2.75) is 42.1 Å². The van der Waals surface area contributed by atoms with Gasteiger partial charge < -0.3 is 9.73 Å². The lowest BCUT2D eigenvalue weighted by molar-refractivity contribution is 0.527. The van der Waals surface area contributed by atoms with Crippen molar-refractivity contribution in [3.8, 4) is 0 Å². The van der Waals surface area contributed by atoms with Crippen LogP contribution in [0.3, 0.4) is 0 Å². The first-order valence-corrected chi connectivity index (χ1v) is 7.18. The molecule has 1 fully saturated rings. The Hall–Kier alpha value is -1.19. The lowest BCUT2D eigenvalue weighted by Crippen LogP contribution is -2.15. The monoisotopic (exact) mass is 259 g/mol. The predicted octanol–water partition coefficient (Wildman–Crippen LogP) is 3.99. The molecule has 1 saturated carbocycles. The Morgan fingerprint density at radius 3 is 2.78 bits per heavy atom. The molecule has 1 aliphatic carbocycles. The van der Waals surface area contributed by atoms with E-state index in [1.807, 2.05) is 13.0 Å². The van der Waals surface area contributed by atoms with Crippen LogP contribution in [0.1, 0.15) is 24.2 Å². The fourth-order valence-corrected chi connectivity index (χ4v) is 2.86. The van der Waals surface area contributed by atoms with Gasteiger partial charge in [-0.15, -0.1) is 0 Å². The summed E-state index contributed by atoms with van der Waals surface area (Å²) < 4.78 is 5.35. The van der Waals surface area contributed by atoms with Gasteiger partial charge in [0.25, 0.3) is 0 Å². The molecule has 1 N–H and O–H groups in total. The Kier molecular flexibility index (Phi) is 3.43. The van der Waals surface area contributed by atoms with Crippen LogP contribution in [-0.4, -0.2) is 6.04 Å². The Bertz CT molecular complexity index is 531. The quantitative estimate of drug-likeness (QED) is 0.879. The number of hydrogen-bond acceptors (Lipinski definition) is 3. The maximum atomic E-state index is 5.35. The number of furan rings is 1. The summed E-state index contributed by atoms with van der Waals surface area (Å²) in [5.41, 5.74) is 1.37. The smallest absolute Gasteiger partial charge is 0.114 e. The molecular formula is C15H17NOS. The zero-order valence-electron chi connectivity index (χ0n) is 10.5. The summed E-state index contributed by atoms with van der Waals surface area (Å²) in [6.07, 6.45) is 4.41. The van der Waals surface area contributed by atoms with Gasteiger partial charge in [-0.3, -0.25) is 0 Å². The van der Waals surface area contributed by atoms with E-state index in [1.165, 1.54) is 28.2 Å². The van der Waals surface area contributed by atoms with Gasteiger partial charge in [-0.2, -0.15) is 0 Å². The number of aryl methyl sites for hydroxylation is 1.